The van der Waals surface area contributed by atoms with Crippen LogP contribution in [0.4, 0.5) is 0 Å². The minimum Gasteiger partial charge on any atom is -0.356 e. The van der Waals surface area contributed by atoms with Gasteiger partial charge in [0.15, 0.2) is 0 Å². The minimum atomic E-state index is 0.246. The van der Waals surface area contributed by atoms with E-state index >= 15 is 0 Å². The lowest BCUT2D eigenvalue weighted by Gasteiger charge is -2.17. The van der Waals surface area contributed by atoms with Gasteiger partial charge in [-0.25, -0.2) is 0 Å². The smallest absolute Gasteiger partial charge is 0.220 e. The van der Waals surface area contributed by atoms with Crippen molar-refractivity contribution in [2.75, 3.05) is 27.2 Å². The third-order valence-corrected chi connectivity index (χ3v) is 14.3. The van der Waals surface area contributed by atoms with Crippen molar-refractivity contribution < 1.29 is 4.79 Å². The van der Waals surface area contributed by atoms with Gasteiger partial charge in [-0.15, -0.1) is 0 Å². The fourth-order valence-electron chi connectivity index (χ4n) is 9.90. The van der Waals surface area contributed by atoms with Crippen molar-refractivity contribution in [3.63, 3.8) is 0 Å². The van der Waals surface area contributed by atoms with Crippen LogP contribution in [-0.4, -0.2) is 38.0 Å². The summed E-state index contributed by atoms with van der Waals surface area (Å²) in [5.41, 5.74) is 1.70. The molecule has 0 saturated carbocycles. The molecule has 0 aromatic rings. The summed E-state index contributed by atoms with van der Waals surface area (Å²) < 4.78 is 0. The Labute approximate surface area is 399 Å². The third kappa shape index (κ3) is 52.0. The molecule has 0 radical (unpaired) electrons. The quantitative estimate of drug-likeness (QED) is 0.0488. The molecule has 0 aromatic heterocycles. The van der Waals surface area contributed by atoms with E-state index in [1.54, 1.807) is 5.57 Å². The summed E-state index contributed by atoms with van der Waals surface area (Å²) in [7, 11) is 4.24. The Balaban J connectivity index is 4.52. The number of carbonyl (C=O) groups is 1. The zero-order valence-corrected chi connectivity index (χ0v) is 44.6. The first-order valence-corrected chi connectivity index (χ1v) is 29.6. The summed E-state index contributed by atoms with van der Waals surface area (Å²) in [6, 6.07) is 0. The molecular weight excluding hydrogens is 765 g/mol. The molecule has 0 heterocycles. The van der Waals surface area contributed by atoms with Gasteiger partial charge in [0, 0.05) is 13.0 Å². The molecule has 0 bridgehead atoms. The molecule has 376 valence electrons. The van der Waals surface area contributed by atoms with E-state index < -0.39 is 0 Å². The Kier molecular flexibility index (Phi) is 53.1. The van der Waals surface area contributed by atoms with Gasteiger partial charge in [0.25, 0.3) is 0 Å². The molecule has 0 aromatic carbocycles. The number of carbonyl (C=O) groups excluding carboxylic acids is 1. The molecule has 0 fully saturated rings. The first kappa shape index (κ1) is 62.2. The average molecular weight is 886 g/mol. The number of nitrogens with one attached hydrogen (secondary N) is 1. The van der Waals surface area contributed by atoms with Gasteiger partial charge < -0.3 is 10.2 Å². The van der Waals surface area contributed by atoms with Crippen molar-refractivity contribution in [1.29, 1.82) is 0 Å². The number of nitrogens with zero attached hydrogens (tertiary/aromatic N) is 1. The molecular formula is C60H120N2O. The monoisotopic (exact) mass is 885 g/mol. The lowest BCUT2D eigenvalue weighted by atomic mass is 9.89. The molecule has 63 heavy (non-hydrogen) atoms. The van der Waals surface area contributed by atoms with Crippen LogP contribution >= 0.6 is 0 Å². The first-order valence-electron chi connectivity index (χ1n) is 29.6. The molecule has 0 saturated heterocycles. The van der Waals surface area contributed by atoms with E-state index in [1.165, 1.54) is 283 Å². The summed E-state index contributed by atoms with van der Waals surface area (Å²) in [6.45, 7) is 8.89. The largest absolute Gasteiger partial charge is 0.356 e. The van der Waals surface area contributed by atoms with Crippen molar-refractivity contribution in [2.24, 2.45) is 5.92 Å². The van der Waals surface area contributed by atoms with Crippen LogP contribution in [0.25, 0.3) is 0 Å². The van der Waals surface area contributed by atoms with E-state index in [4.69, 9.17) is 0 Å². The van der Waals surface area contributed by atoms with Crippen LogP contribution in [0.2, 0.25) is 0 Å². The number of hydrogen-bond donors (Lipinski definition) is 1. The third-order valence-electron chi connectivity index (χ3n) is 14.3. The fourth-order valence-corrected chi connectivity index (χ4v) is 9.90. The molecule has 1 unspecified atom stereocenters. The second-order valence-corrected chi connectivity index (χ2v) is 21.1. The lowest BCUT2D eigenvalue weighted by Crippen LogP contribution is -2.24. The molecule has 1 amide bonds. The van der Waals surface area contributed by atoms with Gasteiger partial charge in [0.05, 0.1) is 0 Å². The van der Waals surface area contributed by atoms with Gasteiger partial charge >= 0.3 is 0 Å². The second-order valence-electron chi connectivity index (χ2n) is 21.1. The van der Waals surface area contributed by atoms with E-state index in [0.29, 0.717) is 6.42 Å². The van der Waals surface area contributed by atoms with Crippen molar-refractivity contribution >= 4 is 5.91 Å². The van der Waals surface area contributed by atoms with Crippen LogP contribution in [0.5, 0.6) is 0 Å². The fraction of sp³-hybridized carbons (Fsp3) is 0.950. The van der Waals surface area contributed by atoms with Gasteiger partial charge in [-0.1, -0.05) is 289 Å². The van der Waals surface area contributed by atoms with Gasteiger partial charge in [0.1, 0.15) is 0 Å². The van der Waals surface area contributed by atoms with Gasteiger partial charge in [0.2, 0.25) is 5.91 Å². The highest BCUT2D eigenvalue weighted by Crippen LogP contribution is 2.26. The van der Waals surface area contributed by atoms with Crippen LogP contribution in [0.3, 0.4) is 0 Å². The molecule has 3 nitrogen and oxygen atoms in total. The van der Waals surface area contributed by atoms with Crippen molar-refractivity contribution in [1.82, 2.24) is 10.2 Å². The molecule has 3 heteroatoms. The molecule has 0 aliphatic rings. The normalized spacial score (nSPS) is 12.5. The highest BCUT2D eigenvalue weighted by molar-refractivity contribution is 5.75. The number of unbranched alkanes of at least 4 members (excludes halogenated alkanes) is 37. The van der Waals surface area contributed by atoms with E-state index in [9.17, 15) is 4.79 Å². The molecule has 1 atom stereocenters. The van der Waals surface area contributed by atoms with Crippen LogP contribution in [-0.2, 0) is 4.79 Å². The Hall–Kier alpha value is -0.830. The number of hydrogen-bond acceptors (Lipinski definition) is 2. The van der Waals surface area contributed by atoms with E-state index in [2.05, 4.69) is 51.2 Å². The van der Waals surface area contributed by atoms with Gasteiger partial charge in [-0.2, -0.15) is 0 Å². The van der Waals surface area contributed by atoms with E-state index in [-0.39, 0.29) is 5.91 Å². The van der Waals surface area contributed by atoms with Crippen molar-refractivity contribution in [3.8, 4) is 0 Å². The maximum atomic E-state index is 12.5. The lowest BCUT2D eigenvalue weighted by molar-refractivity contribution is -0.121. The summed E-state index contributed by atoms with van der Waals surface area (Å²) in [5, 5.41) is 3.16. The molecule has 0 aliphatic heterocycles. The highest BCUT2D eigenvalue weighted by atomic mass is 16.1. The SMILES string of the molecule is CCCCCCCCCCCCCCCCCCC(=CCCCC(=O)NCCCCN(C)C)CCCCCCCCC(CCCCCCCCCC)CCCCCCCCCCC. The second kappa shape index (κ2) is 53.8. The summed E-state index contributed by atoms with van der Waals surface area (Å²) in [6.07, 6.45) is 70.8. The average Bonchev–Trinajstić information content (AvgIpc) is 3.27. The Morgan fingerprint density at radius 3 is 1.03 bits per heavy atom. The van der Waals surface area contributed by atoms with Crippen LogP contribution in [0.15, 0.2) is 11.6 Å². The highest BCUT2D eigenvalue weighted by Gasteiger charge is 2.09. The van der Waals surface area contributed by atoms with E-state index in [1.807, 2.05) is 0 Å². The van der Waals surface area contributed by atoms with Gasteiger partial charge in [-0.05, 0) is 77.9 Å². The molecule has 0 rings (SSSR count). The zero-order chi connectivity index (χ0) is 45.8. The van der Waals surface area contributed by atoms with Crippen LogP contribution < -0.4 is 5.32 Å². The predicted octanol–water partition coefficient (Wildman–Crippen LogP) is 20.4. The number of rotatable bonds is 54. The minimum absolute atomic E-state index is 0.246. The Bertz CT molecular complexity index is 897. The maximum Gasteiger partial charge on any atom is 0.220 e. The summed E-state index contributed by atoms with van der Waals surface area (Å²) >= 11 is 0. The number of amides is 1. The number of allylic oxidation sites excluding steroid dienone is 2. The predicted molar refractivity (Wildman–Crippen MR) is 286 cm³/mol. The van der Waals surface area contributed by atoms with E-state index in [0.717, 1.165) is 44.7 Å². The molecule has 0 spiro atoms. The topological polar surface area (TPSA) is 32.3 Å². The van der Waals surface area contributed by atoms with Crippen LogP contribution in [0.1, 0.15) is 335 Å². The Morgan fingerprint density at radius 2 is 0.698 bits per heavy atom. The Morgan fingerprint density at radius 1 is 0.381 bits per heavy atom. The summed E-state index contributed by atoms with van der Waals surface area (Å²) in [5.74, 6) is 1.24. The van der Waals surface area contributed by atoms with Crippen molar-refractivity contribution in [2.45, 2.75) is 335 Å². The molecule has 0 aliphatic carbocycles. The van der Waals surface area contributed by atoms with Crippen LogP contribution in [0, 0.1) is 5.92 Å². The maximum absolute atomic E-state index is 12.5. The first-order chi connectivity index (χ1) is 31.0. The van der Waals surface area contributed by atoms with Crippen molar-refractivity contribution in [3.05, 3.63) is 11.6 Å². The molecule has 1 N–H and O–H groups in total. The zero-order valence-electron chi connectivity index (χ0n) is 44.6. The standard InChI is InChI=1S/C60H120N2O/c1-6-9-12-15-18-21-22-23-24-25-26-27-29-32-37-42-52-59(54-45-46-55-60(63)61-56-47-48-57-62(4)5)53-44-39-34-33-38-43-51-58(49-40-35-30-20-17-14-11-8-3)50-41-36-31-28-19-16-13-10-7-2/h54,58H,6-53,55-57H2,1-5H3,(H,61,63). The van der Waals surface area contributed by atoms with Gasteiger partial charge in [-0.3, -0.25) is 4.79 Å². The summed E-state index contributed by atoms with van der Waals surface area (Å²) in [4.78, 5) is 14.7.